The van der Waals surface area contributed by atoms with Gasteiger partial charge < -0.3 is 9.47 Å². The zero-order valence-electron chi connectivity index (χ0n) is 17.0. The first-order chi connectivity index (χ1) is 13.3. The highest BCUT2D eigenvalue weighted by Gasteiger charge is 2.61. The van der Waals surface area contributed by atoms with Crippen LogP contribution in [0.3, 0.4) is 0 Å². The van der Waals surface area contributed by atoms with Crippen LogP contribution in [0.25, 0.3) is 0 Å². The van der Waals surface area contributed by atoms with Crippen LogP contribution < -0.4 is 10.9 Å². The Balaban J connectivity index is 3.06. The van der Waals surface area contributed by atoms with Crippen LogP contribution in [0.5, 0.6) is 0 Å². The standard InChI is InChI=1S/C20H27F3N2O4/c1-14(2)11-12-19(20(21,22)23,28-13-15-9-7-6-8-10-15)16(26)24-25-17(27)29-18(3,4)5/h6-10H,1,11-13H2,2-5H3,(H,24,26)(H,25,27). The van der Waals surface area contributed by atoms with Crippen LogP contribution in [0.4, 0.5) is 18.0 Å². The van der Waals surface area contributed by atoms with Crippen molar-refractivity contribution in [2.75, 3.05) is 0 Å². The zero-order valence-corrected chi connectivity index (χ0v) is 17.0. The van der Waals surface area contributed by atoms with E-state index >= 15 is 0 Å². The number of hydrogen-bond donors (Lipinski definition) is 2. The number of nitrogens with one attached hydrogen (secondary N) is 2. The molecule has 0 fully saturated rings. The monoisotopic (exact) mass is 416 g/mol. The van der Waals surface area contributed by atoms with Gasteiger partial charge in [0.25, 0.3) is 5.91 Å². The highest BCUT2D eigenvalue weighted by atomic mass is 19.4. The molecule has 1 rings (SSSR count). The number of allylic oxidation sites excluding steroid dienone is 1. The molecule has 1 aromatic carbocycles. The Labute approximate surface area is 168 Å². The molecule has 0 aromatic heterocycles. The van der Waals surface area contributed by atoms with Gasteiger partial charge in [-0.2, -0.15) is 13.2 Å². The van der Waals surface area contributed by atoms with Crippen molar-refractivity contribution in [2.24, 2.45) is 0 Å². The van der Waals surface area contributed by atoms with Crippen LogP contribution in [-0.4, -0.2) is 29.4 Å². The maximum absolute atomic E-state index is 14.0. The van der Waals surface area contributed by atoms with E-state index in [4.69, 9.17) is 9.47 Å². The fraction of sp³-hybridized carbons (Fsp3) is 0.500. The summed E-state index contributed by atoms with van der Waals surface area (Å²) in [6.07, 6.45) is -6.93. The van der Waals surface area contributed by atoms with Gasteiger partial charge in [-0.1, -0.05) is 35.9 Å². The molecule has 162 valence electrons. The lowest BCUT2D eigenvalue weighted by molar-refractivity contribution is -0.273. The molecule has 1 unspecified atom stereocenters. The van der Waals surface area contributed by atoms with Gasteiger partial charge in [0.2, 0.25) is 5.60 Å². The minimum atomic E-state index is -5.04. The molecular weight excluding hydrogens is 389 g/mol. The summed E-state index contributed by atoms with van der Waals surface area (Å²) in [6.45, 7) is 9.41. The summed E-state index contributed by atoms with van der Waals surface area (Å²) in [5.74, 6) is -1.55. The van der Waals surface area contributed by atoms with Gasteiger partial charge in [0.05, 0.1) is 6.61 Å². The number of ether oxygens (including phenoxy) is 2. The summed E-state index contributed by atoms with van der Waals surface area (Å²) in [5, 5.41) is 0. The number of alkyl halides is 3. The normalized spacial score (nSPS) is 13.9. The van der Waals surface area contributed by atoms with E-state index in [1.165, 1.54) is 0 Å². The van der Waals surface area contributed by atoms with E-state index in [2.05, 4.69) is 6.58 Å². The Morgan fingerprint density at radius 3 is 2.14 bits per heavy atom. The highest BCUT2D eigenvalue weighted by molar-refractivity contribution is 5.87. The van der Waals surface area contributed by atoms with Crippen molar-refractivity contribution in [3.8, 4) is 0 Å². The molecule has 2 N–H and O–H groups in total. The Kier molecular flexibility index (Phi) is 8.25. The molecule has 1 aromatic rings. The van der Waals surface area contributed by atoms with Crippen LogP contribution in [0.15, 0.2) is 42.5 Å². The van der Waals surface area contributed by atoms with E-state index < -0.39 is 42.4 Å². The highest BCUT2D eigenvalue weighted by Crippen LogP contribution is 2.39. The van der Waals surface area contributed by atoms with E-state index in [1.54, 1.807) is 63.5 Å². The van der Waals surface area contributed by atoms with Crippen LogP contribution in [-0.2, 0) is 20.9 Å². The predicted octanol–water partition coefficient (Wildman–Crippen LogP) is 4.42. The first-order valence-electron chi connectivity index (χ1n) is 8.95. The average Bonchev–Trinajstić information content (AvgIpc) is 2.58. The van der Waals surface area contributed by atoms with Crippen molar-refractivity contribution < 1.29 is 32.2 Å². The summed E-state index contributed by atoms with van der Waals surface area (Å²) in [6, 6.07) is 8.16. The van der Waals surface area contributed by atoms with E-state index in [1.807, 2.05) is 5.43 Å². The van der Waals surface area contributed by atoms with Crippen molar-refractivity contribution in [3.05, 3.63) is 48.0 Å². The molecule has 0 aliphatic heterocycles. The summed E-state index contributed by atoms with van der Waals surface area (Å²) >= 11 is 0. The fourth-order valence-corrected chi connectivity index (χ4v) is 2.29. The third-order valence-corrected chi connectivity index (χ3v) is 3.73. The second-order valence-electron chi connectivity index (χ2n) is 7.64. The Bertz CT molecular complexity index is 715. The van der Waals surface area contributed by atoms with Crippen molar-refractivity contribution in [1.82, 2.24) is 10.9 Å². The quantitative estimate of drug-likeness (QED) is 0.510. The topological polar surface area (TPSA) is 76.7 Å². The van der Waals surface area contributed by atoms with Gasteiger partial charge in [0.1, 0.15) is 5.60 Å². The molecule has 0 saturated carbocycles. The number of carbonyl (C=O) groups excluding carboxylic acids is 2. The Morgan fingerprint density at radius 2 is 1.66 bits per heavy atom. The van der Waals surface area contributed by atoms with E-state index in [0.29, 0.717) is 11.1 Å². The van der Waals surface area contributed by atoms with Gasteiger partial charge in [-0.15, -0.1) is 6.58 Å². The summed E-state index contributed by atoms with van der Waals surface area (Å²) < 4.78 is 52.1. The maximum atomic E-state index is 14.0. The molecule has 0 radical (unpaired) electrons. The number of hydrogen-bond acceptors (Lipinski definition) is 4. The minimum Gasteiger partial charge on any atom is -0.443 e. The van der Waals surface area contributed by atoms with Crippen LogP contribution in [0.2, 0.25) is 0 Å². The summed E-state index contributed by atoms with van der Waals surface area (Å²) in [7, 11) is 0. The van der Waals surface area contributed by atoms with E-state index in [-0.39, 0.29) is 6.42 Å². The molecule has 9 heteroatoms. The lowest BCUT2D eigenvalue weighted by Crippen LogP contribution is -2.62. The number of halogens is 3. The van der Waals surface area contributed by atoms with Gasteiger partial charge >= 0.3 is 12.3 Å². The van der Waals surface area contributed by atoms with Crippen molar-refractivity contribution >= 4 is 12.0 Å². The van der Waals surface area contributed by atoms with Crippen LogP contribution in [0.1, 0.15) is 46.1 Å². The molecule has 29 heavy (non-hydrogen) atoms. The smallest absolute Gasteiger partial charge is 0.426 e. The van der Waals surface area contributed by atoms with Gasteiger partial charge in [0.15, 0.2) is 0 Å². The SMILES string of the molecule is C=C(C)CCC(OCc1ccccc1)(C(=O)NNC(=O)OC(C)(C)C)C(F)(F)F. The fourth-order valence-electron chi connectivity index (χ4n) is 2.29. The number of benzene rings is 1. The van der Waals surface area contributed by atoms with Crippen molar-refractivity contribution in [2.45, 2.75) is 64.5 Å². The maximum Gasteiger partial charge on any atom is 0.426 e. The Morgan fingerprint density at radius 1 is 1.07 bits per heavy atom. The molecule has 2 amide bonds. The van der Waals surface area contributed by atoms with Gasteiger partial charge in [-0.3, -0.25) is 10.2 Å². The molecule has 0 aliphatic rings. The molecule has 0 bridgehead atoms. The largest absolute Gasteiger partial charge is 0.443 e. The molecule has 0 heterocycles. The molecular formula is C20H27F3N2O4. The molecule has 6 nitrogen and oxygen atoms in total. The second-order valence-corrected chi connectivity index (χ2v) is 7.64. The van der Waals surface area contributed by atoms with Crippen molar-refractivity contribution in [1.29, 1.82) is 0 Å². The number of carbonyl (C=O) groups is 2. The molecule has 1 atom stereocenters. The second kappa shape index (κ2) is 9.78. The van der Waals surface area contributed by atoms with Gasteiger partial charge in [0, 0.05) is 0 Å². The number of hydrazine groups is 1. The molecule has 0 spiro atoms. The van der Waals surface area contributed by atoms with Gasteiger partial charge in [-0.25, -0.2) is 10.2 Å². The lowest BCUT2D eigenvalue weighted by Gasteiger charge is -2.34. The summed E-state index contributed by atoms with van der Waals surface area (Å²) in [4.78, 5) is 24.3. The third kappa shape index (κ3) is 7.77. The molecule has 0 saturated heterocycles. The summed E-state index contributed by atoms with van der Waals surface area (Å²) in [5.41, 5.74) is 0.456. The molecule has 0 aliphatic carbocycles. The first-order valence-corrected chi connectivity index (χ1v) is 8.95. The minimum absolute atomic E-state index is 0.103. The van der Waals surface area contributed by atoms with E-state index in [9.17, 15) is 22.8 Å². The zero-order chi connectivity index (χ0) is 22.3. The first kappa shape index (κ1) is 24.5. The lowest BCUT2D eigenvalue weighted by atomic mass is 9.93. The Hall–Kier alpha value is -2.55. The number of rotatable bonds is 7. The average molecular weight is 416 g/mol. The van der Waals surface area contributed by atoms with Crippen molar-refractivity contribution in [3.63, 3.8) is 0 Å². The number of amides is 2. The third-order valence-electron chi connectivity index (χ3n) is 3.73. The van der Waals surface area contributed by atoms with Gasteiger partial charge in [-0.05, 0) is 46.1 Å². The van der Waals surface area contributed by atoms with E-state index in [0.717, 1.165) is 0 Å². The predicted molar refractivity (Wildman–Crippen MR) is 102 cm³/mol. The van der Waals surface area contributed by atoms with Crippen LogP contribution >= 0.6 is 0 Å². The van der Waals surface area contributed by atoms with Crippen LogP contribution in [0, 0.1) is 0 Å².